The van der Waals surface area contributed by atoms with Gasteiger partial charge in [0.2, 0.25) is 0 Å². The van der Waals surface area contributed by atoms with Gasteiger partial charge in [0.15, 0.2) is 0 Å². The fourth-order valence-electron chi connectivity index (χ4n) is 0.413. The summed E-state index contributed by atoms with van der Waals surface area (Å²) in [5, 5.41) is 8.29. The number of aliphatic hydroxyl groups excluding tert-OH is 1. The van der Waals surface area contributed by atoms with E-state index in [0.29, 0.717) is 6.61 Å². The molecule has 0 aromatic carbocycles. The lowest BCUT2D eigenvalue weighted by atomic mass is 10.5. The zero-order valence-corrected chi connectivity index (χ0v) is 8.04. The molecule has 0 aromatic rings. The fourth-order valence-corrected chi connectivity index (χ4v) is 0.413. The monoisotopic (exact) mass is 199 g/mol. The quantitative estimate of drug-likeness (QED) is 0.441. The van der Waals surface area contributed by atoms with E-state index in [2.05, 4.69) is 6.92 Å². The van der Waals surface area contributed by atoms with E-state index in [1.165, 1.54) is 0 Å². The van der Waals surface area contributed by atoms with E-state index >= 15 is 0 Å². The highest BCUT2D eigenvalue weighted by Crippen LogP contribution is 1.98. The van der Waals surface area contributed by atoms with Gasteiger partial charge in [0.05, 0.1) is 0 Å². The molecule has 0 aliphatic rings. The van der Waals surface area contributed by atoms with E-state index < -0.39 is 8.25 Å². The van der Waals surface area contributed by atoms with E-state index in [-0.39, 0.29) is 6.61 Å². The van der Waals surface area contributed by atoms with Crippen LogP contribution in [0.4, 0.5) is 0 Å². The normalized spacial score (nSPS) is 8.67. The Morgan fingerprint density at radius 2 is 1.83 bits per heavy atom. The average Bonchev–Trinajstić information content (AvgIpc) is 1.97. The van der Waals surface area contributed by atoms with Crippen molar-refractivity contribution in [3.05, 3.63) is 0 Å². The number of hydrogen-bond donors (Lipinski definition) is 3. The van der Waals surface area contributed by atoms with Gasteiger partial charge in [-0.15, -0.1) is 9.79 Å². The Labute approximate surface area is 72.9 Å². The lowest BCUT2D eigenvalue weighted by Crippen LogP contribution is -1.97. The van der Waals surface area contributed by atoms with E-state index in [0.717, 1.165) is 19.4 Å². The van der Waals surface area contributed by atoms with Crippen LogP contribution in [0.1, 0.15) is 19.8 Å². The summed E-state index contributed by atoms with van der Waals surface area (Å²) in [5.74, 6) is 0. The Morgan fingerprint density at radius 1 is 1.33 bits per heavy atom. The van der Waals surface area contributed by atoms with Crippen molar-refractivity contribution in [2.75, 3.05) is 19.8 Å². The van der Waals surface area contributed by atoms with Gasteiger partial charge in [0.25, 0.3) is 0 Å². The van der Waals surface area contributed by atoms with Crippen LogP contribution >= 0.6 is 8.25 Å². The average molecular weight is 199 g/mol. The largest absolute Gasteiger partial charge is 0.692 e. The molecule has 0 atom stereocenters. The number of aliphatic hydroxyl groups is 1. The molecule has 0 heterocycles. The number of ether oxygens (including phenoxy) is 1. The van der Waals surface area contributed by atoms with Crippen molar-refractivity contribution in [2.45, 2.75) is 19.8 Å². The second-order valence-corrected chi connectivity index (χ2v) is 2.45. The Morgan fingerprint density at radius 3 is 2.17 bits per heavy atom. The van der Waals surface area contributed by atoms with Gasteiger partial charge in [-0.25, -0.2) is 0 Å². The van der Waals surface area contributed by atoms with E-state index in [1.54, 1.807) is 0 Å². The first-order chi connectivity index (χ1) is 5.65. The third-order valence-electron chi connectivity index (χ3n) is 0.795. The molecule has 0 aliphatic heterocycles. The van der Waals surface area contributed by atoms with Crippen LogP contribution in [0.3, 0.4) is 0 Å². The highest BCUT2D eigenvalue weighted by molar-refractivity contribution is 7.30. The molecule has 0 bridgehead atoms. The predicted octanol–water partition coefficient (Wildman–Crippen LogP) is 0.424. The van der Waals surface area contributed by atoms with Crippen LogP contribution in [-0.4, -0.2) is 34.7 Å². The molecule has 6 heteroatoms. The molecule has 0 saturated heterocycles. The van der Waals surface area contributed by atoms with Crippen molar-refractivity contribution >= 4 is 8.25 Å². The minimum absolute atomic E-state index is 0.240. The third-order valence-corrected chi connectivity index (χ3v) is 0.795. The molecule has 0 amide bonds. The third kappa shape index (κ3) is 32.6. The van der Waals surface area contributed by atoms with Gasteiger partial charge < -0.3 is 9.84 Å². The maximum atomic E-state index is 8.70. The molecule has 0 spiro atoms. The summed E-state index contributed by atoms with van der Waals surface area (Å²) < 4.78 is 13.8. The second-order valence-electron chi connectivity index (χ2n) is 1.94. The van der Waals surface area contributed by atoms with Crippen LogP contribution in [0.25, 0.3) is 0 Å². The van der Waals surface area contributed by atoms with E-state index in [9.17, 15) is 0 Å². The van der Waals surface area contributed by atoms with Gasteiger partial charge >= 0.3 is 8.25 Å². The van der Waals surface area contributed by atoms with Crippen LogP contribution < -0.4 is 0 Å². The fraction of sp³-hybridized carbons (Fsp3) is 1.00. The summed E-state index contributed by atoms with van der Waals surface area (Å²) in [5.41, 5.74) is 0. The summed E-state index contributed by atoms with van der Waals surface area (Å²) in [4.78, 5) is 14.2. The molecule has 0 saturated carbocycles. The highest BCUT2D eigenvalue weighted by Gasteiger charge is 1.93. The van der Waals surface area contributed by atoms with Gasteiger partial charge in [-0.2, -0.15) is 0 Å². The Hall–Kier alpha value is -0.0600. The van der Waals surface area contributed by atoms with Gasteiger partial charge in [-0.1, -0.05) is 6.92 Å². The molecule has 12 heavy (non-hydrogen) atoms. The van der Waals surface area contributed by atoms with Crippen molar-refractivity contribution in [1.82, 2.24) is 0 Å². The number of rotatable bonds is 5. The Balaban J connectivity index is 0. The minimum Gasteiger partial charge on any atom is -0.396 e. The standard InChI is InChI=1S/C6H14O2.HO3P/c1-2-5-8-6-3-4-7;1-4(2)3/h7H,2-6H2,1H3;(H-,1,2,3)/p+1. The Kier molecular flexibility index (Phi) is 16.3. The highest BCUT2D eigenvalue weighted by atomic mass is 31.1. The molecule has 3 N–H and O–H groups in total. The SMILES string of the molecule is CCCOCCCO.O=[P+](O)O. The molecule has 74 valence electrons. The summed E-state index contributed by atoms with van der Waals surface area (Å²) in [6.45, 7) is 3.83. The molecule has 0 rings (SSSR count). The lowest BCUT2D eigenvalue weighted by molar-refractivity contribution is 0.116. The molecular formula is C6H16O5P+. The van der Waals surface area contributed by atoms with Crippen molar-refractivity contribution in [2.24, 2.45) is 0 Å². The summed E-state index contributed by atoms with van der Waals surface area (Å²) >= 11 is 0. The topological polar surface area (TPSA) is 87.0 Å². The summed E-state index contributed by atoms with van der Waals surface area (Å²) in [7, 11) is -2.87. The van der Waals surface area contributed by atoms with Crippen LogP contribution in [0.15, 0.2) is 0 Å². The zero-order chi connectivity index (χ0) is 9.82. The Bertz CT molecular complexity index is 87.9. The summed E-state index contributed by atoms with van der Waals surface area (Å²) in [6, 6.07) is 0. The van der Waals surface area contributed by atoms with Gasteiger partial charge in [0.1, 0.15) is 0 Å². The predicted molar refractivity (Wildman–Crippen MR) is 44.9 cm³/mol. The summed E-state index contributed by atoms with van der Waals surface area (Å²) in [6.07, 6.45) is 1.82. The van der Waals surface area contributed by atoms with Crippen molar-refractivity contribution < 1.29 is 24.2 Å². The molecule has 0 radical (unpaired) electrons. The molecule has 0 fully saturated rings. The van der Waals surface area contributed by atoms with Gasteiger partial charge in [-0.05, 0) is 12.8 Å². The van der Waals surface area contributed by atoms with Crippen LogP contribution in [0.5, 0.6) is 0 Å². The first-order valence-corrected chi connectivity index (χ1v) is 4.85. The van der Waals surface area contributed by atoms with E-state index in [1.807, 2.05) is 0 Å². The first-order valence-electron chi connectivity index (χ1n) is 3.68. The van der Waals surface area contributed by atoms with Crippen molar-refractivity contribution in [3.63, 3.8) is 0 Å². The molecule has 5 nitrogen and oxygen atoms in total. The van der Waals surface area contributed by atoms with Gasteiger partial charge in [0, 0.05) is 24.4 Å². The maximum absolute atomic E-state index is 8.70. The molecule has 0 unspecified atom stereocenters. The van der Waals surface area contributed by atoms with Gasteiger partial charge in [-0.3, -0.25) is 0 Å². The minimum atomic E-state index is -2.87. The van der Waals surface area contributed by atoms with Crippen molar-refractivity contribution in [3.8, 4) is 0 Å². The zero-order valence-electron chi connectivity index (χ0n) is 7.14. The first kappa shape index (κ1) is 14.5. The van der Waals surface area contributed by atoms with Crippen molar-refractivity contribution in [1.29, 1.82) is 0 Å². The van der Waals surface area contributed by atoms with E-state index in [4.69, 9.17) is 24.2 Å². The van der Waals surface area contributed by atoms with Crippen LogP contribution in [-0.2, 0) is 9.30 Å². The second kappa shape index (κ2) is 13.5. The number of hydrogen-bond acceptors (Lipinski definition) is 3. The van der Waals surface area contributed by atoms with Crippen LogP contribution in [0.2, 0.25) is 0 Å². The molecule has 0 aliphatic carbocycles. The molecular weight excluding hydrogens is 183 g/mol. The lowest BCUT2D eigenvalue weighted by Gasteiger charge is -1.97. The van der Waals surface area contributed by atoms with Crippen LogP contribution in [0, 0.1) is 0 Å². The molecule has 0 aromatic heterocycles. The smallest absolute Gasteiger partial charge is 0.396 e. The maximum Gasteiger partial charge on any atom is 0.692 e.